The number of hydrogen-bond acceptors (Lipinski definition) is 5. The Morgan fingerprint density at radius 2 is 2.10 bits per heavy atom. The van der Waals surface area contributed by atoms with Gasteiger partial charge in [0.25, 0.3) is 0 Å². The number of nitrogens with zero attached hydrogens (tertiary/aromatic N) is 1. The standard InChI is InChI=1S/C16H13NO4/c1-10-6-7-14-12(8-10)17-16(21-14)11-4-2-3-5-13(11)20-9-15(18)19/h2-8H,9H2,1H3,(H,18,19)/p-1. The number of para-hydroxylation sites is 1. The summed E-state index contributed by atoms with van der Waals surface area (Å²) in [7, 11) is 0. The molecule has 0 amide bonds. The number of aryl methyl sites for hydroxylation is 1. The predicted octanol–water partition coefficient (Wildman–Crippen LogP) is 1.93. The van der Waals surface area contributed by atoms with Crippen molar-refractivity contribution in [3.8, 4) is 17.2 Å². The maximum Gasteiger partial charge on any atom is 0.231 e. The van der Waals surface area contributed by atoms with E-state index >= 15 is 0 Å². The first-order valence-corrected chi connectivity index (χ1v) is 6.43. The summed E-state index contributed by atoms with van der Waals surface area (Å²) in [5.41, 5.74) is 3.11. The minimum atomic E-state index is -1.28. The van der Waals surface area contributed by atoms with E-state index in [0.29, 0.717) is 22.8 Å². The van der Waals surface area contributed by atoms with Gasteiger partial charge in [-0.15, -0.1) is 0 Å². The van der Waals surface area contributed by atoms with Crippen LogP contribution in [-0.2, 0) is 4.79 Å². The van der Waals surface area contributed by atoms with Crippen LogP contribution in [0.25, 0.3) is 22.6 Å². The number of carbonyl (C=O) groups excluding carboxylic acids is 1. The first kappa shape index (κ1) is 13.2. The lowest BCUT2D eigenvalue weighted by atomic mass is 10.2. The smallest absolute Gasteiger partial charge is 0.231 e. The van der Waals surface area contributed by atoms with Crippen molar-refractivity contribution in [1.82, 2.24) is 4.98 Å². The topological polar surface area (TPSA) is 75.4 Å². The molecule has 0 saturated heterocycles. The number of oxazole rings is 1. The Hall–Kier alpha value is -2.82. The molecule has 5 nitrogen and oxygen atoms in total. The summed E-state index contributed by atoms with van der Waals surface area (Å²) in [5.74, 6) is -0.493. The molecular weight excluding hydrogens is 270 g/mol. The first-order valence-electron chi connectivity index (χ1n) is 6.43. The molecule has 2 aromatic carbocycles. The monoisotopic (exact) mass is 282 g/mol. The molecule has 0 aliphatic carbocycles. The number of aliphatic carboxylic acids is 1. The van der Waals surface area contributed by atoms with E-state index in [0.717, 1.165) is 11.1 Å². The molecule has 106 valence electrons. The van der Waals surface area contributed by atoms with Crippen molar-refractivity contribution in [2.24, 2.45) is 0 Å². The van der Waals surface area contributed by atoms with Crippen molar-refractivity contribution in [3.05, 3.63) is 48.0 Å². The molecular formula is C16H12NO4-. The third-order valence-electron chi connectivity index (χ3n) is 3.01. The summed E-state index contributed by atoms with van der Waals surface area (Å²) >= 11 is 0. The highest BCUT2D eigenvalue weighted by Gasteiger charge is 2.13. The third-order valence-corrected chi connectivity index (χ3v) is 3.01. The van der Waals surface area contributed by atoms with E-state index in [9.17, 15) is 9.90 Å². The van der Waals surface area contributed by atoms with Gasteiger partial charge in [-0.2, -0.15) is 0 Å². The molecule has 0 aliphatic rings. The second-order valence-corrected chi connectivity index (χ2v) is 4.65. The van der Waals surface area contributed by atoms with E-state index < -0.39 is 12.6 Å². The zero-order valence-corrected chi connectivity index (χ0v) is 11.3. The number of rotatable bonds is 4. The number of aromatic nitrogens is 1. The molecule has 3 rings (SSSR count). The molecule has 0 saturated carbocycles. The minimum Gasteiger partial charge on any atom is -0.546 e. The van der Waals surface area contributed by atoms with Gasteiger partial charge in [-0.05, 0) is 36.8 Å². The second kappa shape index (κ2) is 5.28. The van der Waals surface area contributed by atoms with Crippen LogP contribution in [0, 0.1) is 6.92 Å². The Labute approximate surface area is 120 Å². The lowest BCUT2D eigenvalue weighted by molar-refractivity contribution is -0.307. The Bertz CT molecular complexity index is 807. The van der Waals surface area contributed by atoms with Gasteiger partial charge in [-0.25, -0.2) is 4.98 Å². The molecule has 1 aromatic heterocycles. The highest BCUT2D eigenvalue weighted by molar-refractivity contribution is 5.78. The third kappa shape index (κ3) is 2.72. The average Bonchev–Trinajstić information content (AvgIpc) is 2.88. The number of carboxylic acids is 1. The van der Waals surface area contributed by atoms with Crippen LogP contribution in [0.2, 0.25) is 0 Å². The van der Waals surface area contributed by atoms with Crippen molar-refractivity contribution < 1.29 is 19.1 Å². The van der Waals surface area contributed by atoms with Gasteiger partial charge in [0, 0.05) is 0 Å². The summed E-state index contributed by atoms with van der Waals surface area (Å²) in [5, 5.41) is 10.5. The zero-order valence-electron chi connectivity index (χ0n) is 11.3. The van der Waals surface area contributed by atoms with Gasteiger partial charge < -0.3 is 19.1 Å². The van der Waals surface area contributed by atoms with Gasteiger partial charge >= 0.3 is 0 Å². The number of ether oxygens (including phenoxy) is 1. The lowest BCUT2D eigenvalue weighted by Crippen LogP contribution is -2.29. The molecule has 1 heterocycles. The van der Waals surface area contributed by atoms with Gasteiger partial charge in [0.15, 0.2) is 5.58 Å². The van der Waals surface area contributed by atoms with E-state index in [4.69, 9.17) is 9.15 Å². The largest absolute Gasteiger partial charge is 0.546 e. The van der Waals surface area contributed by atoms with E-state index in [1.807, 2.05) is 25.1 Å². The van der Waals surface area contributed by atoms with Crippen molar-refractivity contribution in [2.45, 2.75) is 6.92 Å². The van der Waals surface area contributed by atoms with Crippen LogP contribution < -0.4 is 9.84 Å². The van der Waals surface area contributed by atoms with Crippen LogP contribution in [0.3, 0.4) is 0 Å². The molecule has 0 bridgehead atoms. The maximum atomic E-state index is 10.5. The molecule has 21 heavy (non-hydrogen) atoms. The fourth-order valence-electron chi connectivity index (χ4n) is 2.06. The minimum absolute atomic E-state index is 0.393. The fraction of sp³-hybridized carbons (Fsp3) is 0.125. The Kier molecular flexibility index (Phi) is 3.31. The average molecular weight is 282 g/mol. The zero-order chi connectivity index (χ0) is 14.8. The molecule has 0 atom stereocenters. The first-order chi connectivity index (χ1) is 10.1. The molecule has 0 unspecified atom stereocenters. The molecule has 0 fully saturated rings. The highest BCUT2D eigenvalue weighted by Crippen LogP contribution is 2.31. The summed E-state index contributed by atoms with van der Waals surface area (Å²) in [4.78, 5) is 14.9. The van der Waals surface area contributed by atoms with Crippen LogP contribution in [-0.4, -0.2) is 17.6 Å². The second-order valence-electron chi connectivity index (χ2n) is 4.65. The fourth-order valence-corrected chi connectivity index (χ4v) is 2.06. The normalized spacial score (nSPS) is 10.7. The SMILES string of the molecule is Cc1ccc2oc(-c3ccccc3OCC(=O)[O-])nc2c1. The van der Waals surface area contributed by atoms with E-state index in [1.54, 1.807) is 24.3 Å². The maximum absolute atomic E-state index is 10.5. The van der Waals surface area contributed by atoms with Gasteiger partial charge in [-0.1, -0.05) is 18.2 Å². The number of fused-ring (bicyclic) bond motifs is 1. The number of carboxylic acid groups (broad SMARTS) is 1. The van der Waals surface area contributed by atoms with Crippen molar-refractivity contribution >= 4 is 17.1 Å². The highest BCUT2D eigenvalue weighted by atomic mass is 16.5. The van der Waals surface area contributed by atoms with Crippen LogP contribution in [0.5, 0.6) is 5.75 Å². The lowest BCUT2D eigenvalue weighted by Gasteiger charge is -2.09. The summed E-state index contributed by atoms with van der Waals surface area (Å²) in [6.45, 7) is 1.46. The molecule has 0 spiro atoms. The molecule has 0 aliphatic heterocycles. The van der Waals surface area contributed by atoms with E-state index in [2.05, 4.69) is 4.98 Å². The molecule has 0 radical (unpaired) electrons. The Morgan fingerprint density at radius 3 is 2.90 bits per heavy atom. The van der Waals surface area contributed by atoms with Gasteiger partial charge in [0.2, 0.25) is 5.89 Å². The van der Waals surface area contributed by atoms with Crippen LogP contribution in [0.4, 0.5) is 0 Å². The van der Waals surface area contributed by atoms with Gasteiger partial charge in [0.1, 0.15) is 17.9 Å². The molecule has 3 aromatic rings. The molecule has 5 heteroatoms. The number of hydrogen-bond donors (Lipinski definition) is 0. The van der Waals surface area contributed by atoms with Crippen molar-refractivity contribution in [3.63, 3.8) is 0 Å². The predicted molar refractivity (Wildman–Crippen MR) is 74.7 cm³/mol. The Balaban J connectivity index is 2.03. The Morgan fingerprint density at radius 1 is 1.29 bits per heavy atom. The summed E-state index contributed by atoms with van der Waals surface area (Å²) in [6, 6.07) is 12.7. The number of benzene rings is 2. The summed E-state index contributed by atoms with van der Waals surface area (Å²) < 4.78 is 10.9. The number of carbonyl (C=O) groups is 1. The summed E-state index contributed by atoms with van der Waals surface area (Å²) in [6.07, 6.45) is 0. The van der Waals surface area contributed by atoms with Crippen LogP contribution in [0.1, 0.15) is 5.56 Å². The van der Waals surface area contributed by atoms with Gasteiger partial charge in [-0.3, -0.25) is 0 Å². The van der Waals surface area contributed by atoms with Gasteiger partial charge in [0.05, 0.1) is 11.5 Å². The quantitative estimate of drug-likeness (QED) is 0.731. The van der Waals surface area contributed by atoms with Crippen LogP contribution >= 0.6 is 0 Å². The van der Waals surface area contributed by atoms with E-state index in [1.165, 1.54) is 0 Å². The van der Waals surface area contributed by atoms with Crippen molar-refractivity contribution in [1.29, 1.82) is 0 Å². The van der Waals surface area contributed by atoms with Crippen molar-refractivity contribution in [2.75, 3.05) is 6.61 Å². The molecule has 0 N–H and O–H groups in total. The van der Waals surface area contributed by atoms with Crippen LogP contribution in [0.15, 0.2) is 46.9 Å². The van der Waals surface area contributed by atoms with E-state index in [-0.39, 0.29) is 0 Å².